The second kappa shape index (κ2) is 6.80. The Bertz CT molecular complexity index is 549. The number of hydrogen-bond donors (Lipinski definition) is 2. The molecule has 0 spiro atoms. The number of carbonyl (C=O) groups excluding carboxylic acids is 1. The molecule has 0 bridgehead atoms. The molecule has 1 aromatic carbocycles. The normalized spacial score (nSPS) is 12.1. The first-order chi connectivity index (χ1) is 9.63. The predicted molar refractivity (Wildman–Crippen MR) is 76.4 cm³/mol. The first kappa shape index (κ1) is 14.2. The van der Waals surface area contributed by atoms with Crippen molar-refractivity contribution in [2.45, 2.75) is 32.2 Å². The average molecular weight is 273 g/mol. The quantitative estimate of drug-likeness (QED) is 0.850. The summed E-state index contributed by atoms with van der Waals surface area (Å²) < 4.78 is 5.26. The minimum atomic E-state index is -0.0393. The molecule has 1 unspecified atom stereocenters. The number of nitrogens with one attached hydrogen (secondary N) is 1. The van der Waals surface area contributed by atoms with Gasteiger partial charge in [-0.15, -0.1) is 0 Å². The van der Waals surface area contributed by atoms with Gasteiger partial charge >= 0.3 is 0 Å². The molecule has 1 aromatic heterocycles. The number of benzene rings is 1. The molecule has 2 N–H and O–H groups in total. The maximum atomic E-state index is 11.9. The largest absolute Gasteiger partial charge is 0.508 e. The molecule has 0 aliphatic carbocycles. The zero-order valence-corrected chi connectivity index (χ0v) is 11.5. The highest BCUT2D eigenvalue weighted by atomic mass is 16.3. The molecule has 2 aromatic rings. The lowest BCUT2D eigenvalue weighted by Gasteiger charge is -2.13. The number of phenols is 1. The van der Waals surface area contributed by atoms with Crippen LogP contribution in [0.2, 0.25) is 0 Å². The molecular weight excluding hydrogens is 254 g/mol. The molecule has 4 heteroatoms. The van der Waals surface area contributed by atoms with E-state index in [1.807, 2.05) is 25.1 Å². The summed E-state index contributed by atoms with van der Waals surface area (Å²) in [7, 11) is 0. The number of rotatable bonds is 6. The molecule has 0 aliphatic rings. The van der Waals surface area contributed by atoms with Crippen LogP contribution in [0.25, 0.3) is 0 Å². The predicted octanol–water partition coefficient (Wildman–Crippen LogP) is 2.67. The highest BCUT2D eigenvalue weighted by Crippen LogP contribution is 2.11. The summed E-state index contributed by atoms with van der Waals surface area (Å²) in [6.45, 7) is 1.98. The molecule has 0 saturated carbocycles. The van der Waals surface area contributed by atoms with Crippen molar-refractivity contribution in [1.29, 1.82) is 0 Å². The molecule has 2 rings (SSSR count). The van der Waals surface area contributed by atoms with Crippen LogP contribution >= 0.6 is 0 Å². The van der Waals surface area contributed by atoms with Gasteiger partial charge in [0.05, 0.1) is 12.7 Å². The Morgan fingerprint density at radius 3 is 2.90 bits per heavy atom. The Hall–Kier alpha value is -2.23. The topological polar surface area (TPSA) is 62.5 Å². The fourth-order valence-corrected chi connectivity index (χ4v) is 2.06. The number of aryl methyl sites for hydroxylation is 1. The van der Waals surface area contributed by atoms with Crippen LogP contribution in [0.4, 0.5) is 0 Å². The van der Waals surface area contributed by atoms with Gasteiger partial charge in [-0.05, 0) is 43.2 Å². The second-order valence-electron chi connectivity index (χ2n) is 4.93. The number of phenolic OH excluding ortho intramolecular Hbond substituents is 1. The van der Waals surface area contributed by atoms with Crippen molar-refractivity contribution in [3.63, 3.8) is 0 Å². The van der Waals surface area contributed by atoms with E-state index >= 15 is 0 Å². The summed E-state index contributed by atoms with van der Waals surface area (Å²) in [5.41, 5.74) is 0.806. The lowest BCUT2D eigenvalue weighted by atomic mass is 10.1. The number of carbonyl (C=O) groups is 1. The Labute approximate surface area is 118 Å². The van der Waals surface area contributed by atoms with Gasteiger partial charge in [0, 0.05) is 12.5 Å². The van der Waals surface area contributed by atoms with Crippen LogP contribution in [-0.4, -0.2) is 17.1 Å². The smallest absolute Gasteiger partial charge is 0.224 e. The molecule has 106 valence electrons. The summed E-state index contributed by atoms with van der Waals surface area (Å²) in [5, 5.41) is 12.3. The van der Waals surface area contributed by atoms with E-state index in [0.29, 0.717) is 0 Å². The molecule has 1 atom stereocenters. The molecule has 0 fully saturated rings. The van der Waals surface area contributed by atoms with Crippen LogP contribution in [0.15, 0.2) is 47.1 Å². The molecule has 4 nitrogen and oxygen atoms in total. The zero-order valence-electron chi connectivity index (χ0n) is 11.5. The summed E-state index contributed by atoms with van der Waals surface area (Å²) in [4.78, 5) is 11.9. The Kier molecular flexibility index (Phi) is 4.82. The van der Waals surface area contributed by atoms with E-state index < -0.39 is 0 Å². The third-order valence-electron chi connectivity index (χ3n) is 3.09. The van der Waals surface area contributed by atoms with Crippen LogP contribution in [0.3, 0.4) is 0 Å². The van der Waals surface area contributed by atoms with Crippen LogP contribution in [0.5, 0.6) is 5.75 Å². The van der Waals surface area contributed by atoms with Crippen molar-refractivity contribution in [3.05, 3.63) is 54.0 Å². The average Bonchev–Trinajstić information content (AvgIpc) is 2.89. The lowest BCUT2D eigenvalue weighted by molar-refractivity contribution is -0.121. The summed E-state index contributed by atoms with van der Waals surface area (Å²) in [6, 6.07) is 10.6. The van der Waals surface area contributed by atoms with E-state index in [9.17, 15) is 9.90 Å². The Morgan fingerprint density at radius 2 is 2.20 bits per heavy atom. The van der Waals surface area contributed by atoms with Gasteiger partial charge in [-0.1, -0.05) is 12.1 Å². The van der Waals surface area contributed by atoms with Crippen LogP contribution < -0.4 is 5.32 Å². The van der Waals surface area contributed by atoms with Crippen LogP contribution in [-0.2, 0) is 17.6 Å². The highest BCUT2D eigenvalue weighted by Gasteiger charge is 2.09. The molecule has 0 aliphatic heterocycles. The first-order valence-electron chi connectivity index (χ1n) is 6.73. The lowest BCUT2D eigenvalue weighted by Crippen LogP contribution is -2.34. The van der Waals surface area contributed by atoms with Crippen LogP contribution in [0, 0.1) is 0 Å². The molecular formula is C16H19NO3. The summed E-state index contributed by atoms with van der Waals surface area (Å²) >= 11 is 0. The molecule has 1 amide bonds. The van der Waals surface area contributed by atoms with Gasteiger partial charge < -0.3 is 14.8 Å². The monoisotopic (exact) mass is 273 g/mol. The van der Waals surface area contributed by atoms with E-state index in [1.54, 1.807) is 24.5 Å². The third-order valence-corrected chi connectivity index (χ3v) is 3.09. The number of amides is 1. The molecule has 20 heavy (non-hydrogen) atoms. The van der Waals surface area contributed by atoms with Crippen molar-refractivity contribution in [2.75, 3.05) is 0 Å². The van der Waals surface area contributed by atoms with E-state index in [1.165, 1.54) is 0 Å². The number of hydrogen-bond acceptors (Lipinski definition) is 3. The van der Waals surface area contributed by atoms with Crippen molar-refractivity contribution in [1.82, 2.24) is 5.32 Å². The Morgan fingerprint density at radius 1 is 1.35 bits per heavy atom. The standard InChI is InChI=1S/C16H19NO3/c1-12(7-8-15-6-3-9-20-15)17-16(19)11-13-4-2-5-14(18)10-13/h2-6,9-10,12,18H,7-8,11H2,1H3,(H,17,19). The fraction of sp³-hybridized carbons (Fsp3) is 0.312. The second-order valence-corrected chi connectivity index (χ2v) is 4.93. The van der Waals surface area contributed by atoms with Gasteiger partial charge in [0.15, 0.2) is 0 Å². The van der Waals surface area contributed by atoms with Crippen molar-refractivity contribution < 1.29 is 14.3 Å². The fourth-order valence-electron chi connectivity index (χ4n) is 2.06. The van der Waals surface area contributed by atoms with E-state index in [-0.39, 0.29) is 24.1 Å². The molecule has 1 heterocycles. The van der Waals surface area contributed by atoms with Crippen molar-refractivity contribution >= 4 is 5.91 Å². The van der Waals surface area contributed by atoms with Crippen molar-refractivity contribution in [3.8, 4) is 5.75 Å². The minimum absolute atomic E-state index is 0.0393. The summed E-state index contributed by atoms with van der Waals surface area (Å²) in [6.07, 6.45) is 3.57. The van der Waals surface area contributed by atoms with Gasteiger partial charge in [-0.3, -0.25) is 4.79 Å². The molecule has 0 saturated heterocycles. The maximum absolute atomic E-state index is 11.9. The summed E-state index contributed by atoms with van der Waals surface area (Å²) in [5.74, 6) is 1.07. The first-order valence-corrected chi connectivity index (χ1v) is 6.73. The van der Waals surface area contributed by atoms with Gasteiger partial charge in [0.2, 0.25) is 5.91 Å². The van der Waals surface area contributed by atoms with E-state index in [0.717, 1.165) is 24.2 Å². The zero-order chi connectivity index (χ0) is 14.4. The van der Waals surface area contributed by atoms with Gasteiger partial charge in [-0.25, -0.2) is 0 Å². The van der Waals surface area contributed by atoms with Gasteiger partial charge in [0.25, 0.3) is 0 Å². The number of aromatic hydroxyl groups is 1. The Balaban J connectivity index is 1.76. The minimum Gasteiger partial charge on any atom is -0.508 e. The van der Waals surface area contributed by atoms with E-state index in [2.05, 4.69) is 5.32 Å². The van der Waals surface area contributed by atoms with E-state index in [4.69, 9.17) is 4.42 Å². The highest BCUT2D eigenvalue weighted by molar-refractivity contribution is 5.78. The maximum Gasteiger partial charge on any atom is 0.224 e. The van der Waals surface area contributed by atoms with Crippen LogP contribution in [0.1, 0.15) is 24.7 Å². The third kappa shape index (κ3) is 4.46. The number of furan rings is 1. The molecule has 0 radical (unpaired) electrons. The van der Waals surface area contributed by atoms with Gasteiger partial charge in [-0.2, -0.15) is 0 Å². The van der Waals surface area contributed by atoms with Crippen molar-refractivity contribution in [2.24, 2.45) is 0 Å². The SMILES string of the molecule is CC(CCc1ccco1)NC(=O)Cc1cccc(O)c1. The van der Waals surface area contributed by atoms with Gasteiger partial charge in [0.1, 0.15) is 11.5 Å².